The number of nitrogens with zero attached hydrogens (tertiary/aromatic N) is 5. The van der Waals surface area contributed by atoms with Gasteiger partial charge in [0.05, 0.1) is 6.04 Å². The van der Waals surface area contributed by atoms with Gasteiger partial charge >= 0.3 is 0 Å². The molecule has 0 bridgehead atoms. The molecule has 8 heteroatoms. The van der Waals surface area contributed by atoms with Crippen LogP contribution in [0.3, 0.4) is 0 Å². The molecule has 2 heterocycles. The summed E-state index contributed by atoms with van der Waals surface area (Å²) < 4.78 is 0. The predicted molar refractivity (Wildman–Crippen MR) is 184 cm³/mol. The Labute approximate surface area is 275 Å². The highest BCUT2D eigenvalue weighted by Crippen LogP contribution is 2.31. The number of hydrogen-bond acceptors (Lipinski definition) is 4. The first-order valence-electron chi connectivity index (χ1n) is 17.2. The van der Waals surface area contributed by atoms with Gasteiger partial charge in [-0.05, 0) is 143 Å². The number of azide groups is 1. The van der Waals surface area contributed by atoms with E-state index in [4.69, 9.17) is 34.5 Å². The van der Waals surface area contributed by atoms with Gasteiger partial charge in [-0.3, -0.25) is 9.80 Å². The third kappa shape index (κ3) is 9.85. The number of piperidine rings is 2. The van der Waals surface area contributed by atoms with Gasteiger partial charge in [0.1, 0.15) is 0 Å². The van der Waals surface area contributed by atoms with Crippen LogP contribution in [0.4, 0.5) is 0 Å². The minimum Gasteiger partial charge on any atom is -0.326 e. The van der Waals surface area contributed by atoms with E-state index < -0.39 is 0 Å². The largest absolute Gasteiger partial charge is 0.326 e. The monoisotopic (exact) mass is 638 g/mol. The molecule has 2 saturated carbocycles. The lowest BCUT2D eigenvalue weighted by molar-refractivity contribution is 0.0937. The van der Waals surface area contributed by atoms with Crippen molar-refractivity contribution in [1.29, 1.82) is 0 Å². The maximum atomic E-state index is 8.79. The van der Waals surface area contributed by atoms with E-state index >= 15 is 0 Å². The summed E-state index contributed by atoms with van der Waals surface area (Å²) in [6, 6.07) is 18.3. The SMILES string of the molecule is N[C@@H]1CCCC[C@@H]1N1CCC(Cc2ccc(Cl)cc2)CC1.[N-]=[N+]=N[C@@H]1CCCC[C@@H]1N1CCC(Cc2ccc(Cl)cc2)CC1. The van der Waals surface area contributed by atoms with Gasteiger partial charge in [0, 0.05) is 33.1 Å². The average molecular weight is 640 g/mol. The fourth-order valence-corrected chi connectivity index (χ4v) is 8.45. The van der Waals surface area contributed by atoms with Crippen molar-refractivity contribution in [1.82, 2.24) is 9.80 Å². The molecular formula is C36H52Cl2N6. The number of nitrogens with two attached hydrogens (primary N) is 1. The number of benzene rings is 2. The Morgan fingerprint density at radius 2 is 1.07 bits per heavy atom. The van der Waals surface area contributed by atoms with E-state index in [2.05, 4.69) is 44.1 Å². The lowest BCUT2D eigenvalue weighted by atomic mass is 9.85. The Hall–Kier alpha value is -1.79. The van der Waals surface area contributed by atoms with Crippen LogP contribution >= 0.6 is 23.2 Å². The predicted octanol–water partition coefficient (Wildman–Crippen LogP) is 9.08. The Kier molecular flexibility index (Phi) is 13.1. The maximum absolute atomic E-state index is 8.79. The van der Waals surface area contributed by atoms with Gasteiger partial charge in [-0.1, -0.05) is 78.3 Å². The maximum Gasteiger partial charge on any atom is 0.0529 e. The first kappa shape index (κ1) is 33.6. The molecule has 0 spiro atoms. The zero-order chi connectivity index (χ0) is 30.7. The Balaban J connectivity index is 0.000000175. The fourth-order valence-electron chi connectivity index (χ4n) is 8.20. The smallest absolute Gasteiger partial charge is 0.0529 e. The molecule has 0 unspecified atom stereocenters. The van der Waals surface area contributed by atoms with E-state index in [0.717, 1.165) is 47.8 Å². The molecule has 0 amide bonds. The molecule has 6 rings (SSSR count). The second-order valence-electron chi connectivity index (χ2n) is 13.8. The average Bonchev–Trinajstić information content (AvgIpc) is 3.05. The molecule has 0 radical (unpaired) electrons. The van der Waals surface area contributed by atoms with Crippen LogP contribution in [0.5, 0.6) is 0 Å². The summed E-state index contributed by atoms with van der Waals surface area (Å²) in [5, 5.41) is 5.70. The number of likely N-dealkylation sites (tertiary alicyclic amines) is 2. The molecule has 6 nitrogen and oxygen atoms in total. The van der Waals surface area contributed by atoms with Crippen LogP contribution in [-0.4, -0.2) is 60.1 Å². The van der Waals surface area contributed by atoms with Crippen LogP contribution in [0, 0.1) is 11.8 Å². The Morgan fingerprint density at radius 1 is 0.636 bits per heavy atom. The van der Waals surface area contributed by atoms with Crippen molar-refractivity contribution < 1.29 is 0 Å². The summed E-state index contributed by atoms with van der Waals surface area (Å²) >= 11 is 11.9. The van der Waals surface area contributed by atoms with Gasteiger partial charge < -0.3 is 5.73 Å². The highest BCUT2D eigenvalue weighted by atomic mass is 35.5. The molecular weight excluding hydrogens is 587 g/mol. The highest BCUT2D eigenvalue weighted by Gasteiger charge is 2.32. The van der Waals surface area contributed by atoms with Crippen molar-refractivity contribution in [2.24, 2.45) is 22.7 Å². The minimum atomic E-state index is 0.182. The van der Waals surface area contributed by atoms with Gasteiger partial charge in [-0.15, -0.1) is 0 Å². The molecule has 0 aromatic heterocycles. The molecule has 2 aliphatic carbocycles. The quantitative estimate of drug-likeness (QED) is 0.186. The second kappa shape index (κ2) is 17.2. The molecule has 2 N–H and O–H groups in total. The lowest BCUT2D eigenvalue weighted by Crippen LogP contribution is -2.52. The highest BCUT2D eigenvalue weighted by molar-refractivity contribution is 6.30. The van der Waals surface area contributed by atoms with E-state index in [0.29, 0.717) is 18.1 Å². The summed E-state index contributed by atoms with van der Waals surface area (Å²) in [4.78, 5) is 8.32. The van der Waals surface area contributed by atoms with Gasteiger partial charge in [0.25, 0.3) is 0 Å². The van der Waals surface area contributed by atoms with Crippen LogP contribution < -0.4 is 5.73 Å². The standard InChI is InChI=1S/C18H25ClN4.C18H27ClN2/c19-16-7-5-14(6-8-16)13-15-9-11-23(12-10-15)18-4-2-1-3-17(18)21-22-20;19-16-7-5-14(6-8-16)13-15-9-11-21(12-10-15)18-4-2-1-3-17(18)20/h5-8,15,17-18H,1-4,9-13H2;5-8,15,17-18H,1-4,9-13,20H2/t2*17-,18+/m11/s1. The normalized spacial score (nSPS) is 27.6. The minimum absolute atomic E-state index is 0.182. The van der Waals surface area contributed by atoms with Crippen LogP contribution in [-0.2, 0) is 12.8 Å². The van der Waals surface area contributed by atoms with Gasteiger partial charge in [0.2, 0.25) is 0 Å². The van der Waals surface area contributed by atoms with E-state index in [-0.39, 0.29) is 6.04 Å². The van der Waals surface area contributed by atoms with Crippen molar-refractivity contribution in [3.8, 4) is 0 Å². The van der Waals surface area contributed by atoms with E-state index in [1.807, 2.05) is 24.3 Å². The van der Waals surface area contributed by atoms with Crippen LogP contribution in [0.25, 0.3) is 10.4 Å². The molecule has 2 aliphatic heterocycles. The van der Waals surface area contributed by atoms with Crippen molar-refractivity contribution >= 4 is 23.2 Å². The first-order chi connectivity index (χ1) is 21.5. The first-order valence-corrected chi connectivity index (χ1v) is 18.0. The van der Waals surface area contributed by atoms with Crippen LogP contribution in [0.2, 0.25) is 10.0 Å². The molecule has 4 aliphatic rings. The summed E-state index contributed by atoms with van der Waals surface area (Å²) in [7, 11) is 0. The molecule has 240 valence electrons. The molecule has 4 fully saturated rings. The lowest BCUT2D eigenvalue weighted by Gasteiger charge is -2.42. The summed E-state index contributed by atoms with van der Waals surface area (Å²) in [5.74, 6) is 1.58. The van der Waals surface area contributed by atoms with E-state index in [1.165, 1.54) is 101 Å². The third-order valence-corrected chi connectivity index (χ3v) is 11.3. The van der Waals surface area contributed by atoms with Crippen LogP contribution in [0.15, 0.2) is 53.6 Å². The second-order valence-corrected chi connectivity index (χ2v) is 14.6. The summed E-state index contributed by atoms with van der Waals surface area (Å²) in [6.45, 7) is 4.74. The topological polar surface area (TPSA) is 81.3 Å². The fraction of sp³-hybridized carbons (Fsp3) is 0.667. The molecule has 2 aromatic carbocycles. The summed E-state index contributed by atoms with van der Waals surface area (Å²) in [6.07, 6.45) is 17.4. The van der Waals surface area contributed by atoms with Crippen molar-refractivity contribution in [2.75, 3.05) is 26.2 Å². The third-order valence-electron chi connectivity index (χ3n) is 10.8. The molecule has 2 aromatic rings. The van der Waals surface area contributed by atoms with Gasteiger partial charge in [-0.2, -0.15) is 0 Å². The van der Waals surface area contributed by atoms with E-state index in [1.54, 1.807) is 0 Å². The molecule has 2 saturated heterocycles. The Morgan fingerprint density at radius 3 is 1.55 bits per heavy atom. The number of halogens is 2. The van der Waals surface area contributed by atoms with E-state index in [9.17, 15) is 0 Å². The molecule has 44 heavy (non-hydrogen) atoms. The van der Waals surface area contributed by atoms with Crippen molar-refractivity contribution in [3.05, 3.63) is 80.1 Å². The summed E-state index contributed by atoms with van der Waals surface area (Å²) in [5.41, 5.74) is 17.9. The van der Waals surface area contributed by atoms with Crippen molar-refractivity contribution in [3.63, 3.8) is 0 Å². The molecule has 4 atom stereocenters. The van der Waals surface area contributed by atoms with Crippen molar-refractivity contribution in [2.45, 2.75) is 114 Å². The van der Waals surface area contributed by atoms with Gasteiger partial charge in [0.15, 0.2) is 0 Å². The number of hydrogen-bond donors (Lipinski definition) is 1. The zero-order valence-electron chi connectivity index (χ0n) is 26.4. The van der Waals surface area contributed by atoms with Crippen LogP contribution in [0.1, 0.15) is 88.2 Å². The number of rotatable bonds is 7. The zero-order valence-corrected chi connectivity index (χ0v) is 27.9. The Bertz CT molecular complexity index is 1170. The van der Waals surface area contributed by atoms with Gasteiger partial charge in [-0.25, -0.2) is 0 Å².